The fraction of sp³-hybridized carbons (Fsp3) is 0.278. The SMILES string of the molecule is CCC(=O)Nc1cccc(NCc2ccccc2CC)c1. The molecule has 2 rings (SSSR count). The molecule has 2 aromatic rings. The van der Waals surface area contributed by atoms with Crippen molar-refractivity contribution >= 4 is 17.3 Å². The molecule has 0 heterocycles. The Kier molecular flexibility index (Phi) is 5.38. The van der Waals surface area contributed by atoms with Gasteiger partial charge in [-0.15, -0.1) is 0 Å². The van der Waals surface area contributed by atoms with Gasteiger partial charge in [-0.1, -0.05) is 44.2 Å². The summed E-state index contributed by atoms with van der Waals surface area (Å²) in [4.78, 5) is 11.4. The van der Waals surface area contributed by atoms with Gasteiger partial charge in [-0.05, 0) is 35.7 Å². The summed E-state index contributed by atoms with van der Waals surface area (Å²) >= 11 is 0. The smallest absolute Gasteiger partial charge is 0.224 e. The summed E-state index contributed by atoms with van der Waals surface area (Å²) in [6.45, 7) is 4.80. The van der Waals surface area contributed by atoms with Crippen molar-refractivity contribution in [1.29, 1.82) is 0 Å². The van der Waals surface area contributed by atoms with Crippen LogP contribution in [0.1, 0.15) is 31.4 Å². The van der Waals surface area contributed by atoms with Gasteiger partial charge < -0.3 is 10.6 Å². The van der Waals surface area contributed by atoms with Crippen LogP contribution in [0.4, 0.5) is 11.4 Å². The lowest BCUT2D eigenvalue weighted by molar-refractivity contribution is -0.115. The van der Waals surface area contributed by atoms with Crippen LogP contribution in [0.2, 0.25) is 0 Å². The zero-order valence-electron chi connectivity index (χ0n) is 12.6. The molecule has 0 aliphatic carbocycles. The number of amides is 1. The van der Waals surface area contributed by atoms with Crippen molar-refractivity contribution in [2.45, 2.75) is 33.2 Å². The van der Waals surface area contributed by atoms with Crippen LogP contribution < -0.4 is 10.6 Å². The van der Waals surface area contributed by atoms with Crippen molar-refractivity contribution in [3.05, 3.63) is 59.7 Å². The van der Waals surface area contributed by atoms with E-state index >= 15 is 0 Å². The highest BCUT2D eigenvalue weighted by atomic mass is 16.1. The van der Waals surface area contributed by atoms with Gasteiger partial charge in [0.05, 0.1) is 0 Å². The third-order valence-corrected chi connectivity index (χ3v) is 3.45. The van der Waals surface area contributed by atoms with Gasteiger partial charge in [0.15, 0.2) is 0 Å². The Labute approximate surface area is 126 Å². The Morgan fingerprint density at radius 1 is 0.952 bits per heavy atom. The summed E-state index contributed by atoms with van der Waals surface area (Å²) in [6.07, 6.45) is 1.52. The number of hydrogen-bond donors (Lipinski definition) is 2. The topological polar surface area (TPSA) is 41.1 Å². The van der Waals surface area contributed by atoms with Gasteiger partial charge in [-0.3, -0.25) is 4.79 Å². The normalized spacial score (nSPS) is 10.2. The molecule has 0 saturated carbocycles. The Morgan fingerprint density at radius 2 is 1.67 bits per heavy atom. The highest BCUT2D eigenvalue weighted by molar-refractivity contribution is 5.90. The van der Waals surface area contributed by atoms with Crippen LogP contribution in [0.25, 0.3) is 0 Å². The molecule has 0 unspecified atom stereocenters. The minimum Gasteiger partial charge on any atom is -0.381 e. The number of benzene rings is 2. The lowest BCUT2D eigenvalue weighted by atomic mass is 10.1. The number of carbonyl (C=O) groups excluding carboxylic acids is 1. The third-order valence-electron chi connectivity index (χ3n) is 3.45. The first-order valence-electron chi connectivity index (χ1n) is 7.43. The van der Waals surface area contributed by atoms with E-state index in [9.17, 15) is 4.79 Å². The van der Waals surface area contributed by atoms with Crippen LogP contribution >= 0.6 is 0 Å². The molecule has 0 aliphatic heterocycles. The van der Waals surface area contributed by atoms with Crippen LogP contribution in [-0.4, -0.2) is 5.91 Å². The number of carbonyl (C=O) groups is 1. The van der Waals surface area contributed by atoms with E-state index in [1.807, 2.05) is 31.2 Å². The molecule has 0 aromatic heterocycles. The molecule has 0 aliphatic rings. The Morgan fingerprint density at radius 3 is 2.38 bits per heavy atom. The van der Waals surface area contributed by atoms with Crippen LogP contribution in [0, 0.1) is 0 Å². The van der Waals surface area contributed by atoms with E-state index in [2.05, 4.69) is 41.8 Å². The second-order valence-electron chi connectivity index (χ2n) is 4.96. The molecule has 110 valence electrons. The maximum Gasteiger partial charge on any atom is 0.224 e. The molecule has 0 atom stereocenters. The second kappa shape index (κ2) is 7.48. The maximum absolute atomic E-state index is 11.4. The molecule has 2 aromatic carbocycles. The minimum absolute atomic E-state index is 0.0310. The van der Waals surface area contributed by atoms with Gasteiger partial charge in [-0.2, -0.15) is 0 Å². The lowest BCUT2D eigenvalue weighted by Crippen LogP contribution is -2.09. The van der Waals surface area contributed by atoms with E-state index in [0.717, 1.165) is 24.3 Å². The molecule has 2 N–H and O–H groups in total. The predicted octanol–water partition coefficient (Wildman–Crippen LogP) is 4.21. The van der Waals surface area contributed by atoms with Gasteiger partial charge in [0.25, 0.3) is 0 Å². The van der Waals surface area contributed by atoms with E-state index in [0.29, 0.717) is 6.42 Å². The highest BCUT2D eigenvalue weighted by Crippen LogP contribution is 2.17. The average Bonchev–Trinajstić information content (AvgIpc) is 2.53. The van der Waals surface area contributed by atoms with E-state index in [4.69, 9.17) is 0 Å². The highest BCUT2D eigenvalue weighted by Gasteiger charge is 2.02. The molecule has 3 nitrogen and oxygen atoms in total. The molecule has 0 radical (unpaired) electrons. The van der Waals surface area contributed by atoms with Crippen molar-refractivity contribution in [1.82, 2.24) is 0 Å². The van der Waals surface area contributed by atoms with Crippen LogP contribution in [0.5, 0.6) is 0 Å². The van der Waals surface area contributed by atoms with Crippen molar-refractivity contribution in [2.75, 3.05) is 10.6 Å². The molecule has 0 saturated heterocycles. The van der Waals surface area contributed by atoms with Gasteiger partial charge in [-0.25, -0.2) is 0 Å². The zero-order chi connectivity index (χ0) is 15.1. The van der Waals surface area contributed by atoms with E-state index in [1.54, 1.807) is 0 Å². The molecule has 0 bridgehead atoms. The van der Waals surface area contributed by atoms with Crippen LogP contribution in [0.3, 0.4) is 0 Å². The summed E-state index contributed by atoms with van der Waals surface area (Å²) in [6, 6.07) is 16.3. The first-order valence-corrected chi connectivity index (χ1v) is 7.43. The van der Waals surface area contributed by atoms with Crippen molar-refractivity contribution in [2.24, 2.45) is 0 Å². The third kappa shape index (κ3) is 4.35. The summed E-state index contributed by atoms with van der Waals surface area (Å²) in [5.74, 6) is 0.0310. The lowest BCUT2D eigenvalue weighted by Gasteiger charge is -2.11. The number of anilines is 2. The molecular formula is C18H22N2O. The number of aryl methyl sites for hydroxylation is 1. The molecule has 21 heavy (non-hydrogen) atoms. The fourth-order valence-corrected chi connectivity index (χ4v) is 2.23. The second-order valence-corrected chi connectivity index (χ2v) is 4.96. The fourth-order valence-electron chi connectivity index (χ4n) is 2.23. The van der Waals surface area contributed by atoms with E-state index < -0.39 is 0 Å². The number of rotatable bonds is 6. The van der Waals surface area contributed by atoms with Gasteiger partial charge in [0, 0.05) is 24.3 Å². The monoisotopic (exact) mass is 282 g/mol. The molecule has 1 amide bonds. The van der Waals surface area contributed by atoms with Crippen LogP contribution in [0.15, 0.2) is 48.5 Å². The average molecular weight is 282 g/mol. The maximum atomic E-state index is 11.4. The van der Waals surface area contributed by atoms with Crippen molar-refractivity contribution < 1.29 is 4.79 Å². The van der Waals surface area contributed by atoms with Crippen molar-refractivity contribution in [3.63, 3.8) is 0 Å². The van der Waals surface area contributed by atoms with Gasteiger partial charge in [0.2, 0.25) is 5.91 Å². The molecular weight excluding hydrogens is 260 g/mol. The standard InChI is InChI=1S/C18H22N2O/c1-3-14-8-5-6-9-15(14)13-19-16-10-7-11-17(12-16)20-18(21)4-2/h5-12,19H,3-4,13H2,1-2H3,(H,20,21). The van der Waals surface area contributed by atoms with Gasteiger partial charge >= 0.3 is 0 Å². The summed E-state index contributed by atoms with van der Waals surface area (Å²) in [7, 11) is 0. The molecule has 0 spiro atoms. The quantitative estimate of drug-likeness (QED) is 0.833. The van der Waals surface area contributed by atoms with E-state index in [-0.39, 0.29) is 5.91 Å². The predicted molar refractivity (Wildman–Crippen MR) is 88.5 cm³/mol. The van der Waals surface area contributed by atoms with Gasteiger partial charge in [0.1, 0.15) is 0 Å². The van der Waals surface area contributed by atoms with E-state index in [1.165, 1.54) is 11.1 Å². The summed E-state index contributed by atoms with van der Waals surface area (Å²) in [5, 5.41) is 6.29. The zero-order valence-corrected chi connectivity index (χ0v) is 12.6. The Bertz CT molecular complexity index is 608. The number of hydrogen-bond acceptors (Lipinski definition) is 2. The number of nitrogens with one attached hydrogen (secondary N) is 2. The molecule has 0 fully saturated rings. The largest absolute Gasteiger partial charge is 0.381 e. The van der Waals surface area contributed by atoms with Crippen molar-refractivity contribution in [3.8, 4) is 0 Å². The first-order chi connectivity index (χ1) is 10.2. The summed E-state index contributed by atoms with van der Waals surface area (Å²) < 4.78 is 0. The van der Waals surface area contributed by atoms with Crippen LogP contribution in [-0.2, 0) is 17.8 Å². The minimum atomic E-state index is 0.0310. The first kappa shape index (κ1) is 15.1. The Hall–Kier alpha value is -2.29. The molecule has 3 heteroatoms. The Balaban J connectivity index is 2.03. The summed E-state index contributed by atoms with van der Waals surface area (Å²) in [5.41, 5.74) is 4.51.